The van der Waals surface area contributed by atoms with Crippen LogP contribution in [0.2, 0.25) is 5.15 Å². The normalized spacial score (nSPS) is 16.3. The van der Waals surface area contributed by atoms with Crippen molar-refractivity contribution in [3.05, 3.63) is 125 Å². The summed E-state index contributed by atoms with van der Waals surface area (Å²) < 4.78 is 133. The highest BCUT2D eigenvalue weighted by atomic mass is 35.5. The summed E-state index contributed by atoms with van der Waals surface area (Å²) in [5.74, 6) is 0.763. The smallest absolute Gasteiger partial charge is 0.470 e. The lowest BCUT2D eigenvalue weighted by molar-refractivity contribution is 0.00578. The zero-order valence-electron chi connectivity index (χ0n) is 54.1. The lowest BCUT2D eigenvalue weighted by atomic mass is 9.77. The van der Waals surface area contributed by atoms with Gasteiger partial charge in [0.25, 0.3) is 11.8 Å². The van der Waals surface area contributed by atoms with E-state index in [0.717, 1.165) is 28.0 Å². The Bertz CT molecular complexity index is 5010. The van der Waals surface area contributed by atoms with Gasteiger partial charge >= 0.3 is 7.12 Å². The molecule has 3 fully saturated rings. The van der Waals surface area contributed by atoms with Gasteiger partial charge in [-0.1, -0.05) is 23.7 Å². The number of halogens is 3. The summed E-state index contributed by atoms with van der Waals surface area (Å²) in [6.45, 7) is 12.5. The molecule has 0 atom stereocenters. The summed E-state index contributed by atoms with van der Waals surface area (Å²) in [6, 6.07) is 27.1. The van der Waals surface area contributed by atoms with Crippen molar-refractivity contribution >= 4 is 123 Å². The third-order valence-electron chi connectivity index (χ3n) is 18.2. The average Bonchev–Trinajstić information content (AvgIpc) is 1.58. The molecule has 0 spiro atoms. The van der Waals surface area contributed by atoms with E-state index in [1.807, 2.05) is 58.8 Å². The minimum atomic E-state index is -3.70. The van der Waals surface area contributed by atoms with E-state index in [1.165, 1.54) is 30.5 Å². The SMILES string of the molecule is CNC(=O)c1c(N2CCOCC2)oc2cc(N(C)S(C)(=O)=O)c(-c3ccc4c(n3)-c3cc5c(F)cccc5n3CO4)cc12.CNC(=O)c1c(N2CCOCC2)oc2cc(N(C)S(C)(=O)=O)c(B3OC(C)(C)C(C)(C)O3)cc12.Fc1cccc2c1cc1n2COc2ccc(Cl)nc2-1. The van der Waals surface area contributed by atoms with Gasteiger partial charge in [-0.25, -0.2) is 35.6 Å². The number of hydrogen-bond acceptors (Lipinski definition) is 18. The second-order valence-electron chi connectivity index (χ2n) is 24.6. The topological polar surface area (TPSA) is 257 Å². The third kappa shape index (κ3) is 11.8. The van der Waals surface area contributed by atoms with Gasteiger partial charge in [0.2, 0.25) is 31.8 Å². The summed E-state index contributed by atoms with van der Waals surface area (Å²) in [6.07, 6.45) is 2.24. The van der Waals surface area contributed by atoms with Crippen molar-refractivity contribution in [1.29, 1.82) is 0 Å². The number of hydrogen-bond donors (Lipinski definition) is 2. The van der Waals surface area contributed by atoms with Crippen molar-refractivity contribution in [3.8, 4) is 45.5 Å². The fourth-order valence-electron chi connectivity index (χ4n) is 12.2. The Balaban J connectivity index is 0.000000139. The number of carbonyl (C=O) groups excluding carboxylic acids is 2. The molecule has 0 saturated carbocycles. The lowest BCUT2D eigenvalue weighted by Gasteiger charge is -2.32. The number of aromatic nitrogens is 4. The molecule has 4 aromatic carbocycles. The molecule has 24 nitrogen and oxygen atoms in total. The summed E-state index contributed by atoms with van der Waals surface area (Å²) in [4.78, 5) is 39.3. The lowest BCUT2D eigenvalue weighted by Crippen LogP contribution is -2.41. The van der Waals surface area contributed by atoms with E-state index in [9.17, 15) is 35.2 Å². The van der Waals surface area contributed by atoms with E-state index in [1.54, 1.807) is 86.9 Å². The zero-order valence-corrected chi connectivity index (χ0v) is 56.5. The van der Waals surface area contributed by atoms with Crippen LogP contribution in [0, 0.1) is 11.6 Å². The minimum Gasteiger partial charge on any atom is -0.470 e. The van der Waals surface area contributed by atoms with Gasteiger partial charge in [-0.2, -0.15) is 0 Å². The first-order chi connectivity index (χ1) is 45.7. The number of ether oxygens (including phenoxy) is 4. The highest BCUT2D eigenvalue weighted by Crippen LogP contribution is 2.46. The van der Waals surface area contributed by atoms with Crippen molar-refractivity contribution in [2.24, 2.45) is 0 Å². The van der Waals surface area contributed by atoms with E-state index in [4.69, 9.17) is 53.7 Å². The number of nitrogens with one attached hydrogen (secondary N) is 2. The predicted molar refractivity (Wildman–Crippen MR) is 363 cm³/mol. The Morgan fingerprint density at radius 2 is 1.04 bits per heavy atom. The summed E-state index contributed by atoms with van der Waals surface area (Å²) in [7, 11) is -2.12. The van der Waals surface area contributed by atoms with E-state index in [2.05, 4.69) is 15.6 Å². The number of furan rings is 2. The Kier molecular flexibility index (Phi) is 17.0. The largest absolute Gasteiger partial charge is 0.497 e. The molecule has 15 rings (SSSR count). The van der Waals surface area contributed by atoms with Crippen LogP contribution in [0.1, 0.15) is 48.4 Å². The molecule has 5 aliphatic rings. The maximum Gasteiger partial charge on any atom is 0.497 e. The van der Waals surface area contributed by atoms with Gasteiger partial charge in [0, 0.05) is 99.1 Å². The number of carbonyl (C=O) groups is 2. The van der Waals surface area contributed by atoms with Crippen molar-refractivity contribution in [2.45, 2.75) is 52.4 Å². The van der Waals surface area contributed by atoms with Crippen molar-refractivity contribution in [3.63, 3.8) is 0 Å². The van der Waals surface area contributed by atoms with Crippen LogP contribution >= 0.6 is 11.6 Å². The van der Waals surface area contributed by atoms with E-state index < -0.39 is 38.4 Å². The van der Waals surface area contributed by atoms with Crippen LogP contribution in [0.15, 0.2) is 106 Å². The molecule has 0 aliphatic carbocycles. The van der Waals surface area contributed by atoms with Crippen LogP contribution in [0.4, 0.5) is 31.9 Å². The fraction of sp³-hybridized carbons (Fsp3) is 0.333. The van der Waals surface area contributed by atoms with E-state index in [0.29, 0.717) is 182 Å². The Morgan fingerprint density at radius 1 is 0.594 bits per heavy atom. The Morgan fingerprint density at radius 3 is 1.52 bits per heavy atom. The molecule has 11 heterocycles. The third-order valence-corrected chi connectivity index (χ3v) is 20.8. The van der Waals surface area contributed by atoms with Crippen LogP contribution in [-0.4, -0.2) is 159 Å². The molecule has 0 bridgehead atoms. The minimum absolute atomic E-state index is 0.194. The van der Waals surface area contributed by atoms with Crippen LogP contribution in [0.3, 0.4) is 0 Å². The van der Waals surface area contributed by atoms with Gasteiger partial charge in [-0.05, 0) is 100 Å². The highest BCUT2D eigenvalue weighted by Gasteiger charge is 2.53. The van der Waals surface area contributed by atoms with Crippen LogP contribution in [0.25, 0.3) is 77.8 Å². The monoisotopic (exact) mass is 1370 g/mol. The number of benzene rings is 4. The maximum absolute atomic E-state index is 14.7. The van der Waals surface area contributed by atoms with Crippen molar-refractivity contribution < 1.29 is 72.3 Å². The molecule has 5 aliphatic heterocycles. The van der Waals surface area contributed by atoms with Gasteiger partial charge in [-0.15, -0.1) is 0 Å². The molecule has 30 heteroatoms. The van der Waals surface area contributed by atoms with Gasteiger partial charge in [0.1, 0.15) is 62.0 Å². The van der Waals surface area contributed by atoms with Crippen molar-refractivity contribution in [1.82, 2.24) is 29.7 Å². The first-order valence-corrected chi connectivity index (χ1v) is 34.8. The summed E-state index contributed by atoms with van der Waals surface area (Å²) in [5, 5.41) is 7.85. The molecular formula is C66H68BClF2N10O14S2. The number of sulfonamides is 2. The van der Waals surface area contributed by atoms with Crippen LogP contribution < -0.4 is 44.0 Å². The molecule has 2 amide bonds. The number of anilines is 4. The molecule has 2 N–H and O–H groups in total. The average molecular weight is 1370 g/mol. The van der Waals surface area contributed by atoms with Gasteiger partial charge in [0.15, 0.2) is 13.5 Å². The number of rotatable bonds is 10. The molecule has 10 aromatic rings. The van der Waals surface area contributed by atoms with Crippen molar-refractivity contribution in [2.75, 3.05) is 112 Å². The van der Waals surface area contributed by atoms with E-state index >= 15 is 0 Å². The first kappa shape index (κ1) is 65.7. The molecule has 3 saturated heterocycles. The molecule has 502 valence electrons. The first-order valence-electron chi connectivity index (χ1n) is 30.7. The Labute approximate surface area is 556 Å². The molecule has 0 radical (unpaired) electrons. The quantitative estimate of drug-likeness (QED) is 0.0954. The molecule has 96 heavy (non-hydrogen) atoms. The van der Waals surface area contributed by atoms with Gasteiger partial charge in [0.05, 0.1) is 89.6 Å². The second kappa shape index (κ2) is 24.9. The van der Waals surface area contributed by atoms with Gasteiger partial charge in [-0.3, -0.25) is 18.2 Å². The highest BCUT2D eigenvalue weighted by molar-refractivity contribution is 7.92. The number of fused-ring (bicyclic) bond motifs is 12. The number of morpholine rings is 2. The summed E-state index contributed by atoms with van der Waals surface area (Å²) in [5.41, 5.74) is 6.37. The summed E-state index contributed by atoms with van der Waals surface area (Å²) >= 11 is 5.92. The molecular weight excluding hydrogens is 1310 g/mol. The van der Waals surface area contributed by atoms with Crippen LogP contribution in [-0.2, 0) is 52.3 Å². The molecule has 0 unspecified atom stereocenters. The van der Waals surface area contributed by atoms with Gasteiger partial charge < -0.3 is 66.7 Å². The maximum atomic E-state index is 14.7. The van der Waals surface area contributed by atoms with E-state index in [-0.39, 0.29) is 30.2 Å². The fourth-order valence-corrected chi connectivity index (χ4v) is 13.4. The standard InChI is InChI=1S/C30H28FN5O6S.C22H32BN3O7S.C14H8ClFN2O/c1-32-29(37)27-19-13-18(23(34(2)43(3,38)39)15-26(19)42-30(27)35-9-11-40-12-10-35)21-7-8-25-28(33-21)24-14-17-20(31)5-4-6-22(17)36(24)16-41-25;1-21(2)22(3,4)33-23(32-21)15-12-14-17(13-16(15)25(6)34(7,28)29)31-20(18(14)19(27)24-5)26-8-10-30-11-9-26;15-13-5-4-12-14(17-13)11-6-8-9(16)2-1-3-10(8)18(11)7-19-12/h4-8,13-15H,9-12,16H2,1-3H3,(H,32,37);12-13H,8-11H2,1-7H3,(H,24,27);1-6H,7H2. The zero-order chi connectivity index (χ0) is 68.1. The number of amides is 2. The number of nitrogens with zero attached hydrogens (tertiary/aromatic N) is 8. The van der Waals surface area contributed by atoms with Crippen LogP contribution in [0.5, 0.6) is 11.5 Å². The second-order valence-corrected chi connectivity index (χ2v) is 29.0. The molecule has 6 aromatic heterocycles. The Hall–Kier alpha value is -8.97. The number of pyridine rings is 2. The predicted octanol–water partition coefficient (Wildman–Crippen LogP) is 9.37.